The summed E-state index contributed by atoms with van der Waals surface area (Å²) < 4.78 is 5.89. The monoisotopic (exact) mass is 213 g/mol. The van der Waals surface area contributed by atoms with Crippen LogP contribution in [0.3, 0.4) is 0 Å². The largest absolute Gasteiger partial charge is 0.378 e. The van der Waals surface area contributed by atoms with Gasteiger partial charge in [0.15, 0.2) is 0 Å². The highest BCUT2D eigenvalue weighted by molar-refractivity contribution is 4.84. The summed E-state index contributed by atoms with van der Waals surface area (Å²) in [5.41, 5.74) is 6.09. The van der Waals surface area contributed by atoms with E-state index in [9.17, 15) is 0 Å². The molecule has 0 aromatic carbocycles. The van der Waals surface area contributed by atoms with Crippen molar-refractivity contribution in [3.63, 3.8) is 0 Å². The van der Waals surface area contributed by atoms with E-state index < -0.39 is 0 Å². The Morgan fingerprint density at radius 2 is 2.07 bits per heavy atom. The predicted octanol–water partition coefficient (Wildman–Crippen LogP) is 2.81. The Morgan fingerprint density at radius 3 is 2.67 bits per heavy atom. The van der Waals surface area contributed by atoms with Gasteiger partial charge in [-0.15, -0.1) is 0 Å². The first-order valence-electron chi connectivity index (χ1n) is 6.43. The van der Waals surface area contributed by atoms with Gasteiger partial charge < -0.3 is 10.5 Å². The zero-order valence-corrected chi connectivity index (χ0v) is 10.7. The van der Waals surface area contributed by atoms with Gasteiger partial charge in [-0.05, 0) is 30.6 Å². The van der Waals surface area contributed by atoms with Crippen LogP contribution >= 0.6 is 0 Å². The van der Waals surface area contributed by atoms with Crippen LogP contribution in [0.15, 0.2) is 0 Å². The normalized spacial score (nSPS) is 36.2. The first-order valence-corrected chi connectivity index (χ1v) is 6.43. The maximum absolute atomic E-state index is 6.09. The molecule has 0 aliphatic carbocycles. The maximum atomic E-state index is 6.09. The molecule has 1 heterocycles. The Bertz CT molecular complexity index is 183. The average Bonchev–Trinajstić information content (AvgIpc) is 2.21. The Balaban J connectivity index is 2.46. The maximum Gasteiger partial charge on any atom is 0.0641 e. The minimum absolute atomic E-state index is 0.336. The standard InChI is InChI=1S/C13H27NO/c1-5-9(2)8-10(3)13-11(4)12(14)6-7-15-13/h9-13H,5-8,14H2,1-4H3/t9?,10?,11-,12?,13?/m0/s1. The van der Waals surface area contributed by atoms with Gasteiger partial charge in [0, 0.05) is 12.6 Å². The van der Waals surface area contributed by atoms with Crippen molar-refractivity contribution in [3.05, 3.63) is 0 Å². The zero-order valence-electron chi connectivity index (χ0n) is 10.7. The molecule has 2 nitrogen and oxygen atoms in total. The summed E-state index contributed by atoms with van der Waals surface area (Å²) in [6.45, 7) is 9.98. The van der Waals surface area contributed by atoms with Gasteiger partial charge in [0.1, 0.15) is 0 Å². The second kappa shape index (κ2) is 5.86. The summed E-state index contributed by atoms with van der Waals surface area (Å²) in [4.78, 5) is 0. The van der Waals surface area contributed by atoms with Crippen molar-refractivity contribution in [3.8, 4) is 0 Å². The van der Waals surface area contributed by atoms with Crippen molar-refractivity contribution < 1.29 is 4.74 Å². The molecule has 0 saturated carbocycles. The highest BCUT2D eigenvalue weighted by Gasteiger charge is 2.32. The molecule has 2 heteroatoms. The van der Waals surface area contributed by atoms with Gasteiger partial charge in [-0.1, -0.05) is 34.1 Å². The molecular formula is C13H27NO. The number of rotatable bonds is 4. The molecule has 4 unspecified atom stereocenters. The average molecular weight is 213 g/mol. The van der Waals surface area contributed by atoms with Gasteiger partial charge in [0.2, 0.25) is 0 Å². The SMILES string of the molecule is CCC(C)CC(C)C1OCCC(N)[C@@H]1C. The Labute approximate surface area is 94.6 Å². The number of hydrogen-bond acceptors (Lipinski definition) is 2. The lowest BCUT2D eigenvalue weighted by Crippen LogP contribution is -2.46. The van der Waals surface area contributed by atoms with Crippen molar-refractivity contribution in [1.29, 1.82) is 0 Å². The summed E-state index contributed by atoms with van der Waals surface area (Å²) in [5.74, 6) is 1.95. The fourth-order valence-electron chi connectivity index (χ4n) is 2.62. The van der Waals surface area contributed by atoms with Gasteiger partial charge in [-0.25, -0.2) is 0 Å². The van der Waals surface area contributed by atoms with Crippen molar-refractivity contribution in [2.24, 2.45) is 23.5 Å². The third kappa shape index (κ3) is 3.46. The van der Waals surface area contributed by atoms with E-state index in [1.807, 2.05) is 0 Å². The van der Waals surface area contributed by atoms with Gasteiger partial charge in [0.25, 0.3) is 0 Å². The van der Waals surface area contributed by atoms with Gasteiger partial charge >= 0.3 is 0 Å². The van der Waals surface area contributed by atoms with Crippen molar-refractivity contribution in [2.45, 2.75) is 59.1 Å². The van der Waals surface area contributed by atoms with Crippen LogP contribution < -0.4 is 5.73 Å². The van der Waals surface area contributed by atoms with Gasteiger partial charge in [-0.3, -0.25) is 0 Å². The molecule has 1 saturated heterocycles. The third-order valence-electron chi connectivity index (χ3n) is 3.99. The molecular weight excluding hydrogens is 186 g/mol. The topological polar surface area (TPSA) is 35.2 Å². The molecule has 15 heavy (non-hydrogen) atoms. The molecule has 1 aliphatic rings. The Morgan fingerprint density at radius 1 is 1.40 bits per heavy atom. The van der Waals surface area contributed by atoms with E-state index in [-0.39, 0.29) is 0 Å². The second-order valence-corrected chi connectivity index (χ2v) is 5.37. The smallest absolute Gasteiger partial charge is 0.0641 e. The summed E-state index contributed by atoms with van der Waals surface area (Å²) in [6.07, 6.45) is 3.92. The molecule has 2 N–H and O–H groups in total. The molecule has 0 bridgehead atoms. The highest BCUT2D eigenvalue weighted by Crippen LogP contribution is 2.29. The summed E-state index contributed by atoms with van der Waals surface area (Å²) >= 11 is 0. The zero-order chi connectivity index (χ0) is 11.4. The Hall–Kier alpha value is -0.0800. The molecule has 1 rings (SSSR count). The van der Waals surface area contributed by atoms with Crippen molar-refractivity contribution >= 4 is 0 Å². The van der Waals surface area contributed by atoms with Gasteiger partial charge in [0.05, 0.1) is 6.10 Å². The minimum atomic E-state index is 0.336. The van der Waals surface area contributed by atoms with Crippen LogP contribution in [0.1, 0.15) is 47.0 Å². The van der Waals surface area contributed by atoms with E-state index in [0.717, 1.165) is 18.9 Å². The fraction of sp³-hybridized carbons (Fsp3) is 1.00. The van der Waals surface area contributed by atoms with E-state index in [2.05, 4.69) is 27.7 Å². The van der Waals surface area contributed by atoms with E-state index in [4.69, 9.17) is 10.5 Å². The molecule has 0 spiro atoms. The summed E-state index contributed by atoms with van der Waals surface area (Å²) in [7, 11) is 0. The van der Waals surface area contributed by atoms with Gasteiger partial charge in [-0.2, -0.15) is 0 Å². The second-order valence-electron chi connectivity index (χ2n) is 5.37. The lowest BCUT2D eigenvalue weighted by Gasteiger charge is -2.38. The molecule has 0 amide bonds. The van der Waals surface area contributed by atoms with E-state index in [1.165, 1.54) is 12.8 Å². The molecule has 1 fully saturated rings. The van der Waals surface area contributed by atoms with Crippen LogP contribution in [0.4, 0.5) is 0 Å². The van der Waals surface area contributed by atoms with E-state index in [1.54, 1.807) is 0 Å². The van der Waals surface area contributed by atoms with Crippen LogP contribution in [0.5, 0.6) is 0 Å². The highest BCUT2D eigenvalue weighted by atomic mass is 16.5. The molecule has 90 valence electrons. The summed E-state index contributed by atoms with van der Waals surface area (Å²) in [6, 6.07) is 0.336. The van der Waals surface area contributed by atoms with Crippen LogP contribution in [0.2, 0.25) is 0 Å². The number of ether oxygens (including phenoxy) is 1. The van der Waals surface area contributed by atoms with Crippen LogP contribution in [0.25, 0.3) is 0 Å². The first-order chi connectivity index (χ1) is 7.06. The van der Waals surface area contributed by atoms with Crippen molar-refractivity contribution in [1.82, 2.24) is 0 Å². The van der Waals surface area contributed by atoms with E-state index >= 15 is 0 Å². The van der Waals surface area contributed by atoms with Crippen LogP contribution in [-0.4, -0.2) is 18.8 Å². The van der Waals surface area contributed by atoms with E-state index in [0.29, 0.717) is 24.0 Å². The lowest BCUT2D eigenvalue weighted by atomic mass is 9.81. The van der Waals surface area contributed by atoms with Crippen LogP contribution in [-0.2, 0) is 4.74 Å². The quantitative estimate of drug-likeness (QED) is 0.779. The third-order valence-corrected chi connectivity index (χ3v) is 3.99. The summed E-state index contributed by atoms with van der Waals surface area (Å²) in [5, 5.41) is 0. The van der Waals surface area contributed by atoms with Crippen molar-refractivity contribution in [2.75, 3.05) is 6.61 Å². The minimum Gasteiger partial charge on any atom is -0.378 e. The molecule has 5 atom stereocenters. The van der Waals surface area contributed by atoms with Crippen LogP contribution in [0, 0.1) is 17.8 Å². The molecule has 1 aliphatic heterocycles. The predicted molar refractivity (Wildman–Crippen MR) is 64.7 cm³/mol. The molecule has 0 radical (unpaired) electrons. The first kappa shape index (κ1) is 13.0. The number of nitrogens with two attached hydrogens (primary N) is 1. The Kier molecular flexibility index (Phi) is 5.07. The lowest BCUT2D eigenvalue weighted by molar-refractivity contribution is -0.0636. The fourth-order valence-corrected chi connectivity index (χ4v) is 2.62. The molecule has 0 aromatic heterocycles. The molecule has 0 aromatic rings. The number of hydrogen-bond donors (Lipinski definition) is 1.